The summed E-state index contributed by atoms with van der Waals surface area (Å²) in [5, 5.41) is 2.91. The molecular formula is C23H26N2O2. The fourth-order valence-corrected chi connectivity index (χ4v) is 4.34. The van der Waals surface area contributed by atoms with E-state index >= 15 is 0 Å². The van der Waals surface area contributed by atoms with E-state index in [4.69, 9.17) is 0 Å². The summed E-state index contributed by atoms with van der Waals surface area (Å²) in [6.45, 7) is 2.36. The number of fused-ring (bicyclic) bond motifs is 1. The normalized spacial score (nSPS) is 20.0. The van der Waals surface area contributed by atoms with Crippen LogP contribution < -0.4 is 5.32 Å². The molecule has 1 fully saturated rings. The van der Waals surface area contributed by atoms with Crippen molar-refractivity contribution in [3.63, 3.8) is 0 Å². The molecule has 1 N–H and O–H groups in total. The Kier molecular flexibility index (Phi) is 5.35. The van der Waals surface area contributed by atoms with E-state index in [0.717, 1.165) is 37.2 Å². The van der Waals surface area contributed by atoms with E-state index in [0.29, 0.717) is 30.9 Å². The van der Waals surface area contributed by atoms with Gasteiger partial charge in [-0.2, -0.15) is 0 Å². The zero-order valence-corrected chi connectivity index (χ0v) is 15.6. The minimum Gasteiger partial charge on any atom is -0.325 e. The first-order valence-corrected chi connectivity index (χ1v) is 9.90. The van der Waals surface area contributed by atoms with Gasteiger partial charge in [0, 0.05) is 18.5 Å². The van der Waals surface area contributed by atoms with Gasteiger partial charge in [0.1, 0.15) is 0 Å². The van der Waals surface area contributed by atoms with Crippen molar-refractivity contribution in [2.75, 3.05) is 25.0 Å². The van der Waals surface area contributed by atoms with Gasteiger partial charge in [-0.25, -0.2) is 0 Å². The number of anilines is 1. The fraction of sp³-hybridized carbons (Fsp3) is 0.391. The molecule has 1 saturated heterocycles. The van der Waals surface area contributed by atoms with Gasteiger partial charge in [0.25, 0.3) is 0 Å². The predicted octanol–water partition coefficient (Wildman–Crippen LogP) is 3.71. The summed E-state index contributed by atoms with van der Waals surface area (Å²) in [6, 6.07) is 16.4. The number of hydrogen-bond acceptors (Lipinski definition) is 3. The third kappa shape index (κ3) is 4.28. The van der Waals surface area contributed by atoms with Crippen LogP contribution in [0.3, 0.4) is 0 Å². The smallest absolute Gasteiger partial charge is 0.224 e. The molecule has 4 heteroatoms. The zero-order chi connectivity index (χ0) is 18.6. The van der Waals surface area contributed by atoms with Gasteiger partial charge in [0.05, 0.1) is 12.2 Å². The molecule has 1 atom stereocenters. The lowest BCUT2D eigenvalue weighted by molar-refractivity contribution is -0.116. The monoisotopic (exact) mass is 362 g/mol. The fourth-order valence-electron chi connectivity index (χ4n) is 4.34. The number of piperidine rings is 1. The molecule has 140 valence electrons. The zero-order valence-electron chi connectivity index (χ0n) is 15.6. The molecule has 2 aliphatic rings. The third-order valence-electron chi connectivity index (χ3n) is 5.67. The van der Waals surface area contributed by atoms with Crippen LogP contribution in [0.4, 0.5) is 5.69 Å². The van der Waals surface area contributed by atoms with E-state index in [1.54, 1.807) is 0 Å². The van der Waals surface area contributed by atoms with Gasteiger partial charge < -0.3 is 5.32 Å². The molecule has 2 heterocycles. The Labute approximate surface area is 160 Å². The van der Waals surface area contributed by atoms with Crippen LogP contribution in [0.1, 0.15) is 40.7 Å². The summed E-state index contributed by atoms with van der Waals surface area (Å²) in [6.07, 6.45) is 4.64. The van der Waals surface area contributed by atoms with Crippen LogP contribution in [0.15, 0.2) is 48.5 Å². The first kappa shape index (κ1) is 17.9. The van der Waals surface area contributed by atoms with Crippen molar-refractivity contribution < 1.29 is 9.59 Å². The predicted molar refractivity (Wildman–Crippen MR) is 107 cm³/mol. The number of aryl methyl sites for hydroxylation is 1. The van der Waals surface area contributed by atoms with E-state index in [9.17, 15) is 9.59 Å². The van der Waals surface area contributed by atoms with Crippen molar-refractivity contribution in [3.8, 4) is 0 Å². The van der Waals surface area contributed by atoms with Gasteiger partial charge in [-0.1, -0.05) is 42.5 Å². The molecule has 0 saturated carbocycles. The highest BCUT2D eigenvalue weighted by Gasteiger charge is 2.25. The van der Waals surface area contributed by atoms with Gasteiger partial charge in [0.2, 0.25) is 5.91 Å². The van der Waals surface area contributed by atoms with Gasteiger partial charge in [-0.3, -0.25) is 14.5 Å². The Hall–Kier alpha value is -2.46. The Morgan fingerprint density at radius 3 is 2.78 bits per heavy atom. The Morgan fingerprint density at radius 2 is 1.93 bits per heavy atom. The quantitative estimate of drug-likeness (QED) is 0.825. The topological polar surface area (TPSA) is 49.4 Å². The van der Waals surface area contributed by atoms with E-state index in [1.165, 1.54) is 12.0 Å². The molecule has 0 bridgehead atoms. The molecule has 0 aromatic heterocycles. The van der Waals surface area contributed by atoms with Crippen LogP contribution in [0.5, 0.6) is 0 Å². The first-order chi connectivity index (χ1) is 13.2. The molecule has 1 unspecified atom stereocenters. The Morgan fingerprint density at radius 1 is 1.07 bits per heavy atom. The van der Waals surface area contributed by atoms with Crippen molar-refractivity contribution in [1.29, 1.82) is 0 Å². The molecule has 4 nitrogen and oxygen atoms in total. The van der Waals surface area contributed by atoms with Crippen molar-refractivity contribution in [1.82, 2.24) is 4.90 Å². The Bertz CT molecular complexity index is 832. The number of carbonyl (C=O) groups excluding carboxylic acids is 2. The van der Waals surface area contributed by atoms with Gasteiger partial charge >= 0.3 is 0 Å². The maximum atomic E-state index is 13.0. The summed E-state index contributed by atoms with van der Waals surface area (Å²) >= 11 is 0. The molecular weight excluding hydrogens is 336 g/mol. The summed E-state index contributed by atoms with van der Waals surface area (Å²) in [7, 11) is 0. The highest BCUT2D eigenvalue weighted by molar-refractivity contribution is 6.07. The van der Waals surface area contributed by atoms with Gasteiger partial charge in [0.15, 0.2) is 5.78 Å². The van der Waals surface area contributed by atoms with Gasteiger partial charge in [-0.15, -0.1) is 0 Å². The van der Waals surface area contributed by atoms with Crippen molar-refractivity contribution in [2.45, 2.75) is 32.1 Å². The van der Waals surface area contributed by atoms with E-state index in [2.05, 4.69) is 40.5 Å². The lowest BCUT2D eigenvalue weighted by atomic mass is 9.91. The number of benzene rings is 2. The average Bonchev–Trinajstić information content (AvgIpc) is 2.68. The summed E-state index contributed by atoms with van der Waals surface area (Å²) in [5.74, 6) is 0.705. The standard InChI is InChI=1S/C23H26N2O2/c26-21(20-10-4-9-19-11-12-22(27)24-23(19)20)16-25-13-5-8-18(15-25)14-17-6-2-1-3-7-17/h1-4,6-7,9-10,18H,5,8,11-16H2,(H,24,27). The molecule has 1 amide bonds. The highest BCUT2D eigenvalue weighted by atomic mass is 16.2. The second-order valence-electron chi connectivity index (χ2n) is 7.74. The van der Waals surface area contributed by atoms with Crippen LogP contribution >= 0.6 is 0 Å². The molecule has 2 aliphatic heterocycles. The maximum absolute atomic E-state index is 13.0. The SMILES string of the molecule is O=C1CCc2cccc(C(=O)CN3CCCC(Cc4ccccc4)C3)c2N1. The van der Waals surface area contributed by atoms with Crippen LogP contribution in [-0.2, 0) is 17.6 Å². The number of Topliss-reactive ketones (excluding diaryl/α,β-unsaturated/α-hetero) is 1. The van der Waals surface area contributed by atoms with Crippen molar-refractivity contribution in [2.24, 2.45) is 5.92 Å². The summed E-state index contributed by atoms with van der Waals surface area (Å²) in [4.78, 5) is 27.0. The molecule has 0 radical (unpaired) electrons. The first-order valence-electron chi connectivity index (χ1n) is 9.90. The molecule has 2 aromatic rings. The highest BCUT2D eigenvalue weighted by Crippen LogP contribution is 2.28. The summed E-state index contributed by atoms with van der Waals surface area (Å²) < 4.78 is 0. The lowest BCUT2D eigenvalue weighted by Gasteiger charge is -2.32. The number of carbonyl (C=O) groups is 2. The van der Waals surface area contributed by atoms with Crippen LogP contribution in [0.25, 0.3) is 0 Å². The third-order valence-corrected chi connectivity index (χ3v) is 5.67. The van der Waals surface area contributed by atoms with E-state index in [-0.39, 0.29) is 11.7 Å². The largest absolute Gasteiger partial charge is 0.325 e. The molecule has 2 aromatic carbocycles. The number of para-hydroxylation sites is 1. The molecule has 0 spiro atoms. The van der Waals surface area contributed by atoms with E-state index < -0.39 is 0 Å². The molecule has 27 heavy (non-hydrogen) atoms. The number of likely N-dealkylation sites (tertiary alicyclic amines) is 1. The number of nitrogens with zero attached hydrogens (tertiary/aromatic N) is 1. The minimum atomic E-state index is 0.00338. The number of amides is 1. The number of rotatable bonds is 5. The molecule has 4 rings (SSSR count). The lowest BCUT2D eigenvalue weighted by Crippen LogP contribution is -2.39. The van der Waals surface area contributed by atoms with E-state index in [1.807, 2.05) is 18.2 Å². The second-order valence-corrected chi connectivity index (χ2v) is 7.74. The second kappa shape index (κ2) is 8.05. The number of hydrogen-bond donors (Lipinski definition) is 1. The van der Waals surface area contributed by atoms with Gasteiger partial charge in [-0.05, 0) is 55.3 Å². The summed E-state index contributed by atoms with van der Waals surface area (Å²) in [5.41, 5.74) is 3.83. The van der Waals surface area contributed by atoms with Crippen LogP contribution in [0.2, 0.25) is 0 Å². The number of nitrogens with one attached hydrogen (secondary N) is 1. The Balaban J connectivity index is 1.42. The minimum absolute atomic E-state index is 0.00338. The average molecular weight is 362 g/mol. The van der Waals surface area contributed by atoms with Crippen molar-refractivity contribution >= 4 is 17.4 Å². The maximum Gasteiger partial charge on any atom is 0.224 e. The molecule has 0 aliphatic carbocycles. The number of ketones is 1. The van der Waals surface area contributed by atoms with Crippen molar-refractivity contribution in [3.05, 3.63) is 65.2 Å². The van der Waals surface area contributed by atoms with Crippen LogP contribution in [-0.4, -0.2) is 36.2 Å². The van der Waals surface area contributed by atoms with Crippen LogP contribution in [0, 0.1) is 5.92 Å².